The van der Waals surface area contributed by atoms with E-state index in [1.165, 1.54) is 0 Å². The molecule has 122 valence electrons. The minimum atomic E-state index is -4.39. The minimum absolute atomic E-state index is 0.0727. The number of halogens is 3. The third kappa shape index (κ3) is 7.86. The molecular formula is C12H19F3N2O4. The third-order valence-electron chi connectivity index (χ3n) is 3.03. The van der Waals surface area contributed by atoms with Gasteiger partial charge in [-0.1, -0.05) is 0 Å². The van der Waals surface area contributed by atoms with Crippen molar-refractivity contribution in [3.8, 4) is 0 Å². The molecule has 21 heavy (non-hydrogen) atoms. The molecule has 0 aromatic carbocycles. The van der Waals surface area contributed by atoms with Crippen molar-refractivity contribution in [2.75, 3.05) is 45.9 Å². The van der Waals surface area contributed by atoms with Gasteiger partial charge in [-0.05, 0) is 6.42 Å². The van der Waals surface area contributed by atoms with Gasteiger partial charge in [0.05, 0.1) is 19.6 Å². The van der Waals surface area contributed by atoms with Crippen molar-refractivity contribution in [2.24, 2.45) is 0 Å². The predicted octanol–water partition coefficient (Wildman–Crippen LogP) is 0.574. The lowest BCUT2D eigenvalue weighted by Gasteiger charge is -2.21. The van der Waals surface area contributed by atoms with Gasteiger partial charge in [0, 0.05) is 26.2 Å². The summed E-state index contributed by atoms with van der Waals surface area (Å²) in [6.45, 7) is 0.193. The first kappa shape index (κ1) is 17.7. The Labute approximate surface area is 120 Å². The molecule has 0 unspecified atom stereocenters. The van der Waals surface area contributed by atoms with Crippen LogP contribution in [0.15, 0.2) is 0 Å². The number of aliphatic carboxylic acids is 1. The largest absolute Gasteiger partial charge is 0.480 e. The highest BCUT2D eigenvalue weighted by molar-refractivity contribution is 5.76. The molecule has 0 aromatic heterocycles. The number of carbonyl (C=O) groups excluding carboxylic acids is 1. The Balaban J connectivity index is 2.27. The quantitative estimate of drug-likeness (QED) is 0.726. The number of carboxylic acid groups (broad SMARTS) is 1. The normalized spacial score (nSPS) is 17.6. The van der Waals surface area contributed by atoms with Crippen LogP contribution < -0.4 is 0 Å². The molecule has 1 aliphatic heterocycles. The van der Waals surface area contributed by atoms with E-state index < -0.39 is 18.8 Å². The summed E-state index contributed by atoms with van der Waals surface area (Å²) in [6, 6.07) is 0. The fourth-order valence-corrected chi connectivity index (χ4v) is 2.08. The summed E-state index contributed by atoms with van der Waals surface area (Å²) in [7, 11) is 0. The van der Waals surface area contributed by atoms with E-state index in [1.807, 2.05) is 0 Å². The van der Waals surface area contributed by atoms with Gasteiger partial charge in [0.2, 0.25) is 5.91 Å². The highest BCUT2D eigenvalue weighted by atomic mass is 19.4. The first-order valence-electron chi connectivity index (χ1n) is 6.64. The van der Waals surface area contributed by atoms with Gasteiger partial charge >= 0.3 is 12.1 Å². The van der Waals surface area contributed by atoms with Gasteiger partial charge in [0.1, 0.15) is 6.61 Å². The molecule has 1 heterocycles. The van der Waals surface area contributed by atoms with Crippen molar-refractivity contribution >= 4 is 11.9 Å². The van der Waals surface area contributed by atoms with E-state index in [1.54, 1.807) is 9.80 Å². The van der Waals surface area contributed by atoms with E-state index in [0.29, 0.717) is 32.6 Å². The number of carbonyl (C=O) groups is 2. The van der Waals surface area contributed by atoms with E-state index in [-0.39, 0.29) is 25.5 Å². The van der Waals surface area contributed by atoms with Gasteiger partial charge < -0.3 is 14.7 Å². The fourth-order valence-electron chi connectivity index (χ4n) is 2.08. The summed E-state index contributed by atoms with van der Waals surface area (Å²) in [5.41, 5.74) is 0. The summed E-state index contributed by atoms with van der Waals surface area (Å²) in [4.78, 5) is 25.7. The van der Waals surface area contributed by atoms with Crippen LogP contribution in [0.2, 0.25) is 0 Å². The molecule has 6 nitrogen and oxygen atoms in total. The van der Waals surface area contributed by atoms with Crippen LogP contribution in [0.3, 0.4) is 0 Å². The molecular weight excluding hydrogens is 293 g/mol. The second-order valence-electron chi connectivity index (χ2n) is 4.82. The van der Waals surface area contributed by atoms with Gasteiger partial charge in [0.25, 0.3) is 0 Å². The lowest BCUT2D eigenvalue weighted by atomic mass is 10.3. The first-order chi connectivity index (χ1) is 9.78. The van der Waals surface area contributed by atoms with Crippen molar-refractivity contribution in [3.05, 3.63) is 0 Å². The second kappa shape index (κ2) is 8.18. The van der Waals surface area contributed by atoms with Crippen molar-refractivity contribution in [1.29, 1.82) is 0 Å². The van der Waals surface area contributed by atoms with Crippen LogP contribution in [-0.4, -0.2) is 78.9 Å². The average molecular weight is 312 g/mol. The van der Waals surface area contributed by atoms with Gasteiger partial charge in [-0.25, -0.2) is 0 Å². The van der Waals surface area contributed by atoms with E-state index in [2.05, 4.69) is 4.74 Å². The molecule has 1 N–H and O–H groups in total. The van der Waals surface area contributed by atoms with Crippen molar-refractivity contribution in [1.82, 2.24) is 9.80 Å². The van der Waals surface area contributed by atoms with Crippen LogP contribution in [-0.2, 0) is 14.3 Å². The Hall–Kier alpha value is -1.35. The van der Waals surface area contributed by atoms with Crippen molar-refractivity contribution < 1.29 is 32.6 Å². The molecule has 1 saturated heterocycles. The molecule has 0 spiro atoms. The predicted molar refractivity (Wildman–Crippen MR) is 66.8 cm³/mol. The summed E-state index contributed by atoms with van der Waals surface area (Å²) in [6.07, 6.45) is -3.85. The molecule has 9 heteroatoms. The minimum Gasteiger partial charge on any atom is -0.480 e. The number of nitrogens with zero attached hydrogens (tertiary/aromatic N) is 2. The number of ether oxygens (including phenoxy) is 1. The zero-order valence-corrected chi connectivity index (χ0v) is 11.6. The highest BCUT2D eigenvalue weighted by Crippen LogP contribution is 2.14. The Morgan fingerprint density at radius 2 is 1.86 bits per heavy atom. The standard InChI is InChI=1S/C12H19F3N2O4/c13-12(14,15)9-21-7-2-10(18)17-4-1-3-16(5-6-17)8-11(19)20/h1-9H2,(H,19,20). The lowest BCUT2D eigenvalue weighted by Crippen LogP contribution is -2.37. The van der Waals surface area contributed by atoms with Gasteiger partial charge in [0.15, 0.2) is 0 Å². The molecule has 1 aliphatic rings. The molecule has 0 atom stereocenters. The molecule has 1 amide bonds. The Bertz CT molecular complexity index is 363. The lowest BCUT2D eigenvalue weighted by molar-refractivity contribution is -0.175. The second-order valence-corrected chi connectivity index (χ2v) is 4.82. The molecule has 0 saturated carbocycles. The maximum absolute atomic E-state index is 11.9. The summed E-state index contributed by atoms with van der Waals surface area (Å²) < 4.78 is 40.0. The van der Waals surface area contributed by atoms with Crippen LogP contribution in [0.4, 0.5) is 13.2 Å². The third-order valence-corrected chi connectivity index (χ3v) is 3.03. The molecule has 1 rings (SSSR count). The maximum atomic E-state index is 11.9. The number of amides is 1. The van der Waals surface area contributed by atoms with Crippen LogP contribution in [0.5, 0.6) is 0 Å². The number of hydrogen-bond donors (Lipinski definition) is 1. The van der Waals surface area contributed by atoms with Crippen LogP contribution in [0, 0.1) is 0 Å². The van der Waals surface area contributed by atoms with Crippen molar-refractivity contribution in [3.63, 3.8) is 0 Å². The molecule has 0 aliphatic carbocycles. The van der Waals surface area contributed by atoms with E-state index >= 15 is 0 Å². The number of alkyl halides is 3. The number of hydrogen-bond acceptors (Lipinski definition) is 4. The number of carboxylic acids is 1. The fraction of sp³-hybridized carbons (Fsp3) is 0.833. The average Bonchev–Trinajstić information content (AvgIpc) is 2.58. The molecule has 0 radical (unpaired) electrons. The van der Waals surface area contributed by atoms with Crippen LogP contribution >= 0.6 is 0 Å². The first-order valence-corrected chi connectivity index (χ1v) is 6.64. The van der Waals surface area contributed by atoms with Gasteiger partial charge in [-0.2, -0.15) is 13.2 Å². The molecule has 0 bridgehead atoms. The maximum Gasteiger partial charge on any atom is 0.411 e. The van der Waals surface area contributed by atoms with Crippen molar-refractivity contribution in [2.45, 2.75) is 19.0 Å². The topological polar surface area (TPSA) is 70.1 Å². The SMILES string of the molecule is O=C(O)CN1CCCN(C(=O)CCOCC(F)(F)F)CC1. The Morgan fingerprint density at radius 3 is 2.48 bits per heavy atom. The van der Waals surface area contributed by atoms with Gasteiger partial charge in [-0.15, -0.1) is 0 Å². The van der Waals surface area contributed by atoms with E-state index in [4.69, 9.17) is 5.11 Å². The molecule has 0 aromatic rings. The molecule has 1 fully saturated rings. The van der Waals surface area contributed by atoms with Gasteiger partial charge in [-0.3, -0.25) is 14.5 Å². The Kier molecular flexibility index (Phi) is 6.90. The van der Waals surface area contributed by atoms with Crippen LogP contribution in [0.25, 0.3) is 0 Å². The summed E-state index contributed by atoms with van der Waals surface area (Å²) in [5.74, 6) is -1.19. The number of rotatable bonds is 6. The van der Waals surface area contributed by atoms with E-state index in [9.17, 15) is 22.8 Å². The van der Waals surface area contributed by atoms with Crippen LogP contribution in [0.1, 0.15) is 12.8 Å². The smallest absolute Gasteiger partial charge is 0.411 e. The summed E-state index contributed by atoms with van der Waals surface area (Å²) >= 11 is 0. The zero-order valence-electron chi connectivity index (χ0n) is 11.6. The zero-order chi connectivity index (χ0) is 15.9. The van der Waals surface area contributed by atoms with E-state index in [0.717, 1.165) is 0 Å². The summed E-state index contributed by atoms with van der Waals surface area (Å²) in [5, 5.41) is 8.71. The Morgan fingerprint density at radius 1 is 1.14 bits per heavy atom. The highest BCUT2D eigenvalue weighted by Gasteiger charge is 2.27. The monoisotopic (exact) mass is 312 g/mol.